The van der Waals surface area contributed by atoms with Crippen LogP contribution in [0, 0.1) is 6.92 Å². The number of fused-ring (bicyclic) bond motifs is 1. The second kappa shape index (κ2) is 7.32. The molecule has 1 aliphatic heterocycles. The lowest BCUT2D eigenvalue weighted by atomic mass is 9.93. The van der Waals surface area contributed by atoms with Gasteiger partial charge in [-0.2, -0.15) is 0 Å². The molecule has 0 N–H and O–H groups in total. The quantitative estimate of drug-likeness (QED) is 0.710. The van der Waals surface area contributed by atoms with Gasteiger partial charge in [-0.3, -0.25) is 4.79 Å². The summed E-state index contributed by atoms with van der Waals surface area (Å²) >= 11 is 0. The molecule has 4 rings (SSSR count). The predicted octanol–water partition coefficient (Wildman–Crippen LogP) is 3.46. The maximum absolute atomic E-state index is 13.4. The van der Waals surface area contributed by atoms with E-state index < -0.39 is 0 Å². The highest BCUT2D eigenvalue weighted by Gasteiger charge is 2.34. The van der Waals surface area contributed by atoms with Crippen molar-refractivity contribution in [1.29, 1.82) is 0 Å². The summed E-state index contributed by atoms with van der Waals surface area (Å²) in [5.41, 5.74) is 3.94. The SMILES string of the molecule is COCc1cccc(C(=O)N2Cc3ccccc3C[C@H]2c2nnc(C)o2)c1. The molecular weight excluding hydrogens is 342 g/mol. The van der Waals surface area contributed by atoms with Crippen LogP contribution in [0.4, 0.5) is 0 Å². The molecule has 1 aromatic heterocycles. The average molecular weight is 363 g/mol. The predicted molar refractivity (Wildman–Crippen MR) is 99.0 cm³/mol. The van der Waals surface area contributed by atoms with Gasteiger partial charge in [-0.25, -0.2) is 0 Å². The molecule has 6 heteroatoms. The summed E-state index contributed by atoms with van der Waals surface area (Å²) in [6.07, 6.45) is 0.654. The molecule has 3 aromatic rings. The van der Waals surface area contributed by atoms with Crippen molar-refractivity contribution in [1.82, 2.24) is 15.1 Å². The minimum absolute atomic E-state index is 0.0525. The van der Waals surface area contributed by atoms with E-state index in [1.54, 1.807) is 14.0 Å². The third-order valence-electron chi connectivity index (χ3n) is 4.82. The Morgan fingerprint density at radius 1 is 1.19 bits per heavy atom. The fraction of sp³-hybridized carbons (Fsp3) is 0.286. The molecule has 0 spiro atoms. The molecule has 1 aliphatic rings. The zero-order chi connectivity index (χ0) is 18.8. The molecular formula is C21H21N3O3. The van der Waals surface area contributed by atoms with E-state index in [0.29, 0.717) is 36.9 Å². The van der Waals surface area contributed by atoms with Crippen molar-refractivity contribution in [2.24, 2.45) is 0 Å². The van der Waals surface area contributed by atoms with Gasteiger partial charge in [-0.15, -0.1) is 10.2 Å². The Morgan fingerprint density at radius 2 is 2.00 bits per heavy atom. The maximum Gasteiger partial charge on any atom is 0.254 e. The minimum atomic E-state index is -0.278. The van der Waals surface area contributed by atoms with Crippen LogP contribution in [0.3, 0.4) is 0 Å². The number of benzene rings is 2. The van der Waals surface area contributed by atoms with Crippen molar-refractivity contribution < 1.29 is 13.9 Å². The number of carbonyl (C=O) groups excluding carboxylic acids is 1. The van der Waals surface area contributed by atoms with Crippen molar-refractivity contribution in [3.8, 4) is 0 Å². The lowest BCUT2D eigenvalue weighted by molar-refractivity contribution is 0.0602. The summed E-state index contributed by atoms with van der Waals surface area (Å²) in [6, 6.07) is 15.4. The highest BCUT2D eigenvalue weighted by Crippen LogP contribution is 2.33. The maximum atomic E-state index is 13.4. The lowest BCUT2D eigenvalue weighted by Crippen LogP contribution is -2.39. The summed E-state index contributed by atoms with van der Waals surface area (Å²) in [7, 11) is 1.64. The van der Waals surface area contributed by atoms with Gasteiger partial charge in [-0.05, 0) is 28.8 Å². The molecule has 138 valence electrons. The standard InChI is InChI=1S/C21H21N3O3/c1-14-22-23-20(27-14)19-11-16-7-3-4-8-18(16)12-24(19)21(25)17-9-5-6-15(10-17)13-26-2/h3-10,19H,11-13H2,1-2H3/t19-/m0/s1. The number of hydrogen-bond acceptors (Lipinski definition) is 5. The largest absolute Gasteiger partial charge is 0.423 e. The van der Waals surface area contributed by atoms with Crippen LogP contribution in [-0.2, 0) is 24.3 Å². The highest BCUT2D eigenvalue weighted by molar-refractivity contribution is 5.94. The Morgan fingerprint density at radius 3 is 2.74 bits per heavy atom. The van der Waals surface area contributed by atoms with Crippen molar-refractivity contribution in [2.75, 3.05) is 7.11 Å². The summed E-state index contributed by atoms with van der Waals surface area (Å²) < 4.78 is 10.9. The number of carbonyl (C=O) groups is 1. The van der Waals surface area contributed by atoms with Crippen LogP contribution >= 0.6 is 0 Å². The van der Waals surface area contributed by atoms with E-state index >= 15 is 0 Å². The second-order valence-electron chi connectivity index (χ2n) is 6.71. The van der Waals surface area contributed by atoms with Gasteiger partial charge in [0.2, 0.25) is 11.8 Å². The third kappa shape index (κ3) is 3.48. The fourth-order valence-corrected chi connectivity index (χ4v) is 3.53. The molecule has 2 heterocycles. The van der Waals surface area contributed by atoms with Gasteiger partial charge in [0.15, 0.2) is 0 Å². The van der Waals surface area contributed by atoms with Crippen LogP contribution in [0.5, 0.6) is 0 Å². The molecule has 0 radical (unpaired) electrons. The van der Waals surface area contributed by atoms with Gasteiger partial charge >= 0.3 is 0 Å². The van der Waals surface area contributed by atoms with Gasteiger partial charge in [-0.1, -0.05) is 36.4 Å². The number of hydrogen-bond donors (Lipinski definition) is 0. The van der Waals surface area contributed by atoms with Crippen LogP contribution in [0.2, 0.25) is 0 Å². The smallest absolute Gasteiger partial charge is 0.254 e. The molecule has 0 saturated carbocycles. The molecule has 0 bridgehead atoms. The topological polar surface area (TPSA) is 68.5 Å². The molecule has 1 amide bonds. The second-order valence-corrected chi connectivity index (χ2v) is 6.71. The van der Waals surface area contributed by atoms with E-state index in [1.807, 2.05) is 41.3 Å². The summed E-state index contributed by atoms with van der Waals surface area (Å²) in [5.74, 6) is 0.921. The first-order valence-corrected chi connectivity index (χ1v) is 8.91. The number of aryl methyl sites for hydroxylation is 1. The first kappa shape index (κ1) is 17.4. The number of rotatable bonds is 4. The van der Waals surface area contributed by atoms with Gasteiger partial charge in [0.1, 0.15) is 6.04 Å². The van der Waals surface area contributed by atoms with Gasteiger partial charge < -0.3 is 14.1 Å². The number of methoxy groups -OCH3 is 1. The molecule has 0 saturated heterocycles. The van der Waals surface area contributed by atoms with Gasteiger partial charge in [0, 0.05) is 32.6 Å². The normalized spacial score (nSPS) is 16.2. The van der Waals surface area contributed by atoms with E-state index in [4.69, 9.17) is 9.15 Å². The molecule has 27 heavy (non-hydrogen) atoms. The van der Waals surface area contributed by atoms with E-state index in [1.165, 1.54) is 5.56 Å². The molecule has 0 unspecified atom stereocenters. The summed E-state index contributed by atoms with van der Waals surface area (Å²) in [6.45, 7) is 2.74. The van der Waals surface area contributed by atoms with E-state index in [9.17, 15) is 4.79 Å². The monoisotopic (exact) mass is 363 g/mol. The van der Waals surface area contributed by atoms with Crippen molar-refractivity contribution in [2.45, 2.75) is 32.5 Å². The van der Waals surface area contributed by atoms with Crippen molar-refractivity contribution >= 4 is 5.91 Å². The van der Waals surface area contributed by atoms with Crippen LogP contribution in [0.25, 0.3) is 0 Å². The van der Waals surface area contributed by atoms with Crippen molar-refractivity contribution in [3.05, 3.63) is 82.6 Å². The Balaban J connectivity index is 1.71. The van der Waals surface area contributed by atoms with Gasteiger partial charge in [0.05, 0.1) is 6.61 Å². The van der Waals surface area contributed by atoms with Crippen molar-refractivity contribution in [3.63, 3.8) is 0 Å². The molecule has 6 nitrogen and oxygen atoms in total. The zero-order valence-corrected chi connectivity index (χ0v) is 15.4. The summed E-state index contributed by atoms with van der Waals surface area (Å²) in [4.78, 5) is 15.2. The summed E-state index contributed by atoms with van der Waals surface area (Å²) in [5, 5.41) is 8.14. The Labute approximate surface area is 157 Å². The molecule has 1 atom stereocenters. The van der Waals surface area contributed by atoms with Gasteiger partial charge in [0.25, 0.3) is 5.91 Å². The Bertz CT molecular complexity index is 967. The van der Waals surface area contributed by atoms with Crippen LogP contribution in [-0.4, -0.2) is 28.1 Å². The Hall–Kier alpha value is -2.99. The molecule has 0 aliphatic carbocycles. The first-order valence-electron chi connectivity index (χ1n) is 8.91. The molecule has 0 fully saturated rings. The molecule has 2 aromatic carbocycles. The van der Waals surface area contributed by atoms with E-state index in [-0.39, 0.29) is 11.9 Å². The number of nitrogens with zero attached hydrogens (tertiary/aromatic N) is 3. The fourth-order valence-electron chi connectivity index (χ4n) is 3.53. The number of aromatic nitrogens is 2. The Kier molecular flexibility index (Phi) is 4.73. The minimum Gasteiger partial charge on any atom is -0.423 e. The lowest BCUT2D eigenvalue weighted by Gasteiger charge is -2.35. The van der Waals surface area contributed by atoms with Crippen LogP contribution in [0.1, 0.15) is 44.9 Å². The van der Waals surface area contributed by atoms with Crippen LogP contribution < -0.4 is 0 Å². The average Bonchev–Trinajstić information content (AvgIpc) is 3.13. The highest BCUT2D eigenvalue weighted by atomic mass is 16.5. The number of ether oxygens (including phenoxy) is 1. The van der Waals surface area contributed by atoms with E-state index in [2.05, 4.69) is 22.3 Å². The van der Waals surface area contributed by atoms with E-state index in [0.717, 1.165) is 11.1 Å². The van der Waals surface area contributed by atoms with Crippen LogP contribution in [0.15, 0.2) is 52.9 Å². The first-order chi connectivity index (χ1) is 13.2. The zero-order valence-electron chi connectivity index (χ0n) is 15.4. The third-order valence-corrected chi connectivity index (χ3v) is 4.82. The number of amides is 1.